The molecule has 0 aliphatic heterocycles. The zero-order chi connectivity index (χ0) is 13.8. The van der Waals surface area contributed by atoms with Crippen molar-refractivity contribution in [2.24, 2.45) is 0 Å². The Morgan fingerprint density at radius 2 is 2.11 bits per heavy atom. The predicted octanol–water partition coefficient (Wildman–Crippen LogP) is 2.55. The van der Waals surface area contributed by atoms with Crippen molar-refractivity contribution in [1.29, 1.82) is 0 Å². The number of esters is 1. The van der Waals surface area contributed by atoms with Crippen molar-refractivity contribution < 1.29 is 14.3 Å². The summed E-state index contributed by atoms with van der Waals surface area (Å²) in [7, 11) is 1.32. The summed E-state index contributed by atoms with van der Waals surface area (Å²) in [5, 5.41) is 0. The smallest absolute Gasteiger partial charge is 0.338 e. The lowest BCUT2D eigenvalue weighted by Gasteiger charge is -2.10. The molecular formula is C14H14N2O3. The summed E-state index contributed by atoms with van der Waals surface area (Å²) < 4.78 is 10.3. The molecule has 1 heterocycles. The van der Waals surface area contributed by atoms with Crippen LogP contribution in [-0.2, 0) is 4.74 Å². The molecule has 2 rings (SSSR count). The highest BCUT2D eigenvalue weighted by Crippen LogP contribution is 2.29. The molecule has 1 aromatic heterocycles. The number of nitrogen functional groups attached to an aromatic ring is 1. The molecule has 0 unspecified atom stereocenters. The van der Waals surface area contributed by atoms with Gasteiger partial charge in [-0.15, -0.1) is 0 Å². The van der Waals surface area contributed by atoms with Crippen molar-refractivity contribution >= 4 is 11.7 Å². The maximum Gasteiger partial charge on any atom is 0.338 e. The van der Waals surface area contributed by atoms with Crippen LogP contribution < -0.4 is 10.5 Å². The van der Waals surface area contributed by atoms with Gasteiger partial charge in [0.05, 0.1) is 18.4 Å². The van der Waals surface area contributed by atoms with Gasteiger partial charge in [-0.3, -0.25) is 0 Å². The van der Waals surface area contributed by atoms with Crippen molar-refractivity contribution in [1.82, 2.24) is 4.98 Å². The van der Waals surface area contributed by atoms with Gasteiger partial charge in [0.25, 0.3) is 0 Å². The van der Waals surface area contributed by atoms with Crippen LogP contribution in [0.15, 0.2) is 36.5 Å². The Hall–Kier alpha value is -2.56. The Kier molecular flexibility index (Phi) is 3.66. The first-order chi connectivity index (χ1) is 9.11. The van der Waals surface area contributed by atoms with Crippen LogP contribution in [-0.4, -0.2) is 18.1 Å². The number of methoxy groups -OCH3 is 1. The predicted molar refractivity (Wildman–Crippen MR) is 71.2 cm³/mol. The Bertz CT molecular complexity index is 591. The lowest BCUT2D eigenvalue weighted by atomic mass is 10.2. The Balaban J connectivity index is 2.31. The van der Waals surface area contributed by atoms with Gasteiger partial charge >= 0.3 is 5.97 Å². The van der Waals surface area contributed by atoms with Crippen molar-refractivity contribution in [3.8, 4) is 11.6 Å². The summed E-state index contributed by atoms with van der Waals surface area (Å²) in [5.74, 6) is 0.394. The number of anilines is 1. The lowest BCUT2D eigenvalue weighted by molar-refractivity contribution is 0.0600. The first-order valence-electron chi connectivity index (χ1n) is 5.69. The van der Waals surface area contributed by atoms with Crippen LogP contribution in [0.1, 0.15) is 15.9 Å². The number of ether oxygens (including phenoxy) is 2. The largest absolute Gasteiger partial charge is 0.465 e. The van der Waals surface area contributed by atoms with E-state index in [4.69, 9.17) is 10.5 Å². The highest BCUT2D eigenvalue weighted by atomic mass is 16.5. The standard InChI is InChI=1S/C14H14N2O3/c1-9-4-3-5-11(15)13(9)19-12-8-10(6-7-16-12)14(17)18-2/h3-8H,15H2,1-2H3. The number of hydrogen-bond acceptors (Lipinski definition) is 5. The van der Waals surface area contributed by atoms with E-state index >= 15 is 0 Å². The fraction of sp³-hybridized carbons (Fsp3) is 0.143. The van der Waals surface area contributed by atoms with Crippen LogP contribution in [0.4, 0.5) is 5.69 Å². The Labute approximate surface area is 111 Å². The zero-order valence-electron chi connectivity index (χ0n) is 10.7. The molecule has 98 valence electrons. The molecule has 0 aliphatic carbocycles. The second-order valence-electron chi connectivity index (χ2n) is 3.97. The molecule has 0 fully saturated rings. The van der Waals surface area contributed by atoms with Gasteiger partial charge in [0.2, 0.25) is 5.88 Å². The second-order valence-corrected chi connectivity index (χ2v) is 3.97. The van der Waals surface area contributed by atoms with E-state index in [1.54, 1.807) is 12.1 Å². The van der Waals surface area contributed by atoms with Crippen LogP contribution in [0, 0.1) is 6.92 Å². The summed E-state index contributed by atoms with van der Waals surface area (Å²) in [4.78, 5) is 15.5. The molecule has 1 aromatic carbocycles. The normalized spacial score (nSPS) is 10.0. The first-order valence-corrected chi connectivity index (χ1v) is 5.69. The van der Waals surface area contributed by atoms with Crippen molar-refractivity contribution in [2.75, 3.05) is 12.8 Å². The second kappa shape index (κ2) is 5.39. The fourth-order valence-corrected chi connectivity index (χ4v) is 1.63. The van der Waals surface area contributed by atoms with Gasteiger partial charge in [0.1, 0.15) is 0 Å². The first kappa shape index (κ1) is 12.9. The topological polar surface area (TPSA) is 74.4 Å². The van der Waals surface area contributed by atoms with E-state index in [0.717, 1.165) is 5.56 Å². The van der Waals surface area contributed by atoms with E-state index in [9.17, 15) is 4.79 Å². The molecule has 0 bridgehead atoms. The quantitative estimate of drug-likeness (QED) is 0.676. The van der Waals surface area contributed by atoms with Gasteiger partial charge in [0.15, 0.2) is 5.75 Å². The molecule has 0 saturated carbocycles. The number of pyridine rings is 1. The molecule has 5 nitrogen and oxygen atoms in total. The minimum absolute atomic E-state index is 0.295. The van der Waals surface area contributed by atoms with Crippen molar-refractivity contribution in [3.05, 3.63) is 47.7 Å². The van der Waals surface area contributed by atoms with Gasteiger partial charge in [-0.05, 0) is 24.6 Å². The van der Waals surface area contributed by atoms with Crippen LogP contribution in [0.2, 0.25) is 0 Å². The minimum atomic E-state index is -0.440. The monoisotopic (exact) mass is 258 g/mol. The third-order valence-corrected chi connectivity index (χ3v) is 2.60. The maximum absolute atomic E-state index is 11.4. The zero-order valence-corrected chi connectivity index (χ0v) is 10.7. The average molecular weight is 258 g/mol. The van der Waals surface area contributed by atoms with Crippen LogP contribution in [0.3, 0.4) is 0 Å². The van der Waals surface area contributed by atoms with E-state index in [0.29, 0.717) is 22.9 Å². The molecule has 0 atom stereocenters. The molecule has 0 saturated heterocycles. The lowest BCUT2D eigenvalue weighted by Crippen LogP contribution is -2.02. The molecular weight excluding hydrogens is 244 g/mol. The third-order valence-electron chi connectivity index (χ3n) is 2.60. The molecule has 5 heteroatoms. The number of aryl methyl sites for hydroxylation is 1. The molecule has 0 spiro atoms. The third kappa shape index (κ3) is 2.82. The number of nitrogens with zero attached hydrogens (tertiary/aromatic N) is 1. The number of carbonyl (C=O) groups excluding carboxylic acids is 1. The number of rotatable bonds is 3. The molecule has 0 radical (unpaired) electrons. The SMILES string of the molecule is COC(=O)c1ccnc(Oc2c(C)cccc2N)c1. The summed E-state index contributed by atoms with van der Waals surface area (Å²) in [5.41, 5.74) is 7.64. The minimum Gasteiger partial charge on any atom is -0.465 e. The molecule has 2 aromatic rings. The molecule has 19 heavy (non-hydrogen) atoms. The van der Waals surface area contributed by atoms with Crippen molar-refractivity contribution in [3.63, 3.8) is 0 Å². The Morgan fingerprint density at radius 3 is 2.79 bits per heavy atom. The summed E-state index contributed by atoms with van der Waals surface area (Å²) in [6, 6.07) is 8.54. The number of hydrogen-bond donors (Lipinski definition) is 1. The van der Waals surface area contributed by atoms with Crippen LogP contribution in [0.5, 0.6) is 11.6 Å². The van der Waals surface area contributed by atoms with Gasteiger partial charge < -0.3 is 15.2 Å². The molecule has 0 amide bonds. The van der Waals surface area contributed by atoms with Crippen LogP contribution in [0.25, 0.3) is 0 Å². The van der Waals surface area contributed by atoms with E-state index in [2.05, 4.69) is 9.72 Å². The number of carbonyl (C=O) groups is 1. The van der Waals surface area contributed by atoms with E-state index in [-0.39, 0.29) is 0 Å². The summed E-state index contributed by atoms with van der Waals surface area (Å²) in [6.07, 6.45) is 1.48. The van der Waals surface area contributed by atoms with E-state index in [1.807, 2.05) is 19.1 Å². The maximum atomic E-state index is 11.4. The summed E-state index contributed by atoms with van der Waals surface area (Å²) in [6.45, 7) is 1.88. The number of benzene rings is 1. The molecule has 2 N–H and O–H groups in total. The molecule has 0 aliphatic rings. The average Bonchev–Trinajstić information content (AvgIpc) is 2.42. The highest BCUT2D eigenvalue weighted by molar-refractivity contribution is 5.89. The highest BCUT2D eigenvalue weighted by Gasteiger charge is 2.10. The van der Waals surface area contributed by atoms with E-state index in [1.165, 1.54) is 19.4 Å². The number of nitrogens with two attached hydrogens (primary N) is 1. The van der Waals surface area contributed by atoms with Crippen LogP contribution >= 0.6 is 0 Å². The Morgan fingerprint density at radius 1 is 1.32 bits per heavy atom. The van der Waals surface area contributed by atoms with Gasteiger partial charge in [0, 0.05) is 12.3 Å². The van der Waals surface area contributed by atoms with Gasteiger partial charge in [-0.1, -0.05) is 12.1 Å². The van der Waals surface area contributed by atoms with Gasteiger partial charge in [-0.25, -0.2) is 9.78 Å². The van der Waals surface area contributed by atoms with E-state index < -0.39 is 5.97 Å². The number of para-hydroxylation sites is 1. The fourth-order valence-electron chi connectivity index (χ4n) is 1.63. The van der Waals surface area contributed by atoms with Crippen molar-refractivity contribution in [2.45, 2.75) is 6.92 Å². The summed E-state index contributed by atoms with van der Waals surface area (Å²) >= 11 is 0. The number of aromatic nitrogens is 1. The van der Waals surface area contributed by atoms with Gasteiger partial charge in [-0.2, -0.15) is 0 Å².